The number of rotatable bonds is 12. The van der Waals surface area contributed by atoms with Crippen LogP contribution in [-0.2, 0) is 4.79 Å². The normalized spacial score (nSPS) is 14.7. The predicted molar refractivity (Wildman–Crippen MR) is 158 cm³/mol. The van der Waals surface area contributed by atoms with E-state index in [0.717, 1.165) is 65.9 Å². The van der Waals surface area contributed by atoms with E-state index in [1.807, 2.05) is 53.4 Å². The van der Waals surface area contributed by atoms with Gasteiger partial charge in [-0.15, -0.1) is 0 Å². The maximum atomic E-state index is 13.3. The van der Waals surface area contributed by atoms with Crippen LogP contribution >= 0.6 is 24.0 Å². The van der Waals surface area contributed by atoms with Crippen molar-refractivity contribution in [3.8, 4) is 22.7 Å². The second-order valence-electron chi connectivity index (χ2n) is 9.29. The highest BCUT2D eigenvalue weighted by molar-refractivity contribution is 8.26. The summed E-state index contributed by atoms with van der Waals surface area (Å²) in [6.45, 7) is 7.80. The first-order valence-electron chi connectivity index (χ1n) is 13.2. The molecule has 7 heteroatoms. The van der Waals surface area contributed by atoms with E-state index in [2.05, 4.69) is 32.9 Å². The minimum absolute atomic E-state index is 0.0127. The number of thioether (sulfide) groups is 1. The Kier molecular flexibility index (Phi) is 9.58. The Bertz CT molecular complexity index is 1270. The van der Waals surface area contributed by atoms with Crippen molar-refractivity contribution >= 4 is 40.3 Å². The molecule has 0 aliphatic carbocycles. The molecule has 1 aliphatic rings. The minimum Gasteiger partial charge on any atom is -0.494 e. The Morgan fingerprint density at radius 3 is 2.54 bits per heavy atom. The van der Waals surface area contributed by atoms with E-state index in [1.165, 1.54) is 18.2 Å². The summed E-state index contributed by atoms with van der Waals surface area (Å²) >= 11 is 6.95. The van der Waals surface area contributed by atoms with Gasteiger partial charge in [0.25, 0.3) is 5.91 Å². The van der Waals surface area contributed by atoms with Crippen LogP contribution < -0.4 is 4.74 Å². The third-order valence-corrected chi connectivity index (χ3v) is 7.76. The number of aromatic nitrogens is 2. The van der Waals surface area contributed by atoms with Crippen LogP contribution in [0.3, 0.4) is 0 Å². The lowest BCUT2D eigenvalue weighted by Crippen LogP contribution is -2.29. The third-order valence-electron chi connectivity index (χ3n) is 6.38. The van der Waals surface area contributed by atoms with Crippen molar-refractivity contribution in [3.05, 3.63) is 70.8 Å². The topological polar surface area (TPSA) is 47.4 Å². The molecule has 1 aliphatic heterocycles. The zero-order chi connectivity index (χ0) is 26.2. The van der Waals surface area contributed by atoms with Crippen LogP contribution in [0.4, 0.5) is 0 Å². The molecule has 1 amide bonds. The van der Waals surface area contributed by atoms with Gasteiger partial charge in [-0.1, -0.05) is 81.7 Å². The number of carbonyl (C=O) groups is 1. The van der Waals surface area contributed by atoms with Crippen LogP contribution in [-0.4, -0.2) is 38.1 Å². The average Bonchev–Trinajstić information content (AvgIpc) is 3.43. The van der Waals surface area contributed by atoms with E-state index in [0.29, 0.717) is 22.4 Å². The third kappa shape index (κ3) is 6.70. The maximum absolute atomic E-state index is 13.3. The number of amides is 1. The monoisotopic (exact) mass is 533 g/mol. The Morgan fingerprint density at radius 1 is 1.03 bits per heavy atom. The molecule has 0 unspecified atom stereocenters. The largest absolute Gasteiger partial charge is 0.494 e. The van der Waals surface area contributed by atoms with E-state index < -0.39 is 0 Å². The van der Waals surface area contributed by atoms with Crippen LogP contribution in [0.25, 0.3) is 23.0 Å². The predicted octanol–water partition coefficient (Wildman–Crippen LogP) is 7.81. The standard InChI is InChI=1S/C30H35N3O2S2/c1-4-6-8-12-17-32-29(34)27(37-30(32)36)20-23-21-33(24-13-10-9-11-14-24)31-28(23)26-16-15-25(19-22(26)3)35-18-7-5-2/h9-11,13-16,19-21H,4-8,12,17-18H2,1-3H3. The van der Waals surface area contributed by atoms with E-state index in [9.17, 15) is 4.79 Å². The molecular weight excluding hydrogens is 498 g/mol. The first-order chi connectivity index (χ1) is 18.0. The van der Waals surface area contributed by atoms with Crippen LogP contribution in [0.2, 0.25) is 0 Å². The van der Waals surface area contributed by atoms with Crippen molar-refractivity contribution in [3.63, 3.8) is 0 Å². The summed E-state index contributed by atoms with van der Waals surface area (Å²) in [6.07, 6.45) is 10.5. The molecule has 0 radical (unpaired) electrons. The highest BCUT2D eigenvalue weighted by atomic mass is 32.2. The van der Waals surface area contributed by atoms with Crippen molar-refractivity contribution in [1.82, 2.24) is 14.7 Å². The molecule has 4 rings (SSSR count). The number of carbonyl (C=O) groups excluding carboxylic acids is 1. The van der Waals surface area contributed by atoms with Gasteiger partial charge < -0.3 is 4.74 Å². The van der Waals surface area contributed by atoms with Crippen LogP contribution in [0.15, 0.2) is 59.6 Å². The summed E-state index contributed by atoms with van der Waals surface area (Å²) in [6, 6.07) is 16.1. The highest BCUT2D eigenvalue weighted by Crippen LogP contribution is 2.36. The van der Waals surface area contributed by atoms with Gasteiger partial charge in [0.2, 0.25) is 0 Å². The fourth-order valence-electron chi connectivity index (χ4n) is 4.27. The van der Waals surface area contributed by atoms with Crippen LogP contribution in [0.5, 0.6) is 5.75 Å². The SMILES string of the molecule is CCCCCCN1C(=O)C(=Cc2cn(-c3ccccc3)nc2-c2ccc(OCCCC)cc2C)SC1=S. The molecule has 2 aromatic carbocycles. The first-order valence-corrected chi connectivity index (χ1v) is 14.4. The van der Waals surface area contributed by atoms with Gasteiger partial charge in [0.1, 0.15) is 15.8 Å². The minimum atomic E-state index is -0.0127. The van der Waals surface area contributed by atoms with E-state index in [4.69, 9.17) is 22.1 Å². The molecule has 3 aromatic rings. The molecule has 37 heavy (non-hydrogen) atoms. The van der Waals surface area contributed by atoms with Gasteiger partial charge in [-0.25, -0.2) is 4.68 Å². The molecule has 0 atom stereocenters. The number of nitrogens with zero attached hydrogens (tertiary/aromatic N) is 3. The van der Waals surface area contributed by atoms with Gasteiger partial charge in [-0.3, -0.25) is 9.69 Å². The molecule has 2 heterocycles. The molecule has 5 nitrogen and oxygen atoms in total. The summed E-state index contributed by atoms with van der Waals surface area (Å²) in [5.74, 6) is 0.851. The maximum Gasteiger partial charge on any atom is 0.266 e. The van der Waals surface area contributed by atoms with Gasteiger partial charge in [-0.05, 0) is 61.7 Å². The zero-order valence-corrected chi connectivity index (χ0v) is 23.5. The summed E-state index contributed by atoms with van der Waals surface area (Å²) in [5.41, 5.74) is 4.76. The number of unbranched alkanes of at least 4 members (excludes halogenated alkanes) is 4. The Balaban J connectivity index is 1.67. The Labute approximate surface area is 229 Å². The van der Waals surface area contributed by atoms with Crippen molar-refractivity contribution in [2.24, 2.45) is 0 Å². The Hall–Kier alpha value is -2.90. The lowest BCUT2D eigenvalue weighted by atomic mass is 10.0. The number of para-hydroxylation sites is 1. The molecule has 1 aromatic heterocycles. The van der Waals surface area contributed by atoms with Gasteiger partial charge >= 0.3 is 0 Å². The van der Waals surface area contributed by atoms with Gasteiger partial charge in [0, 0.05) is 23.9 Å². The summed E-state index contributed by atoms with van der Waals surface area (Å²) in [4.78, 5) is 15.6. The van der Waals surface area contributed by atoms with Crippen molar-refractivity contribution < 1.29 is 9.53 Å². The van der Waals surface area contributed by atoms with E-state index >= 15 is 0 Å². The molecular formula is C30H35N3O2S2. The number of hydrogen-bond acceptors (Lipinski definition) is 5. The second kappa shape index (κ2) is 13.1. The van der Waals surface area contributed by atoms with Gasteiger partial charge in [0.15, 0.2) is 0 Å². The first kappa shape index (κ1) is 27.1. The summed E-state index contributed by atoms with van der Waals surface area (Å²) in [7, 11) is 0. The van der Waals surface area contributed by atoms with Crippen molar-refractivity contribution in [2.75, 3.05) is 13.2 Å². The quantitative estimate of drug-likeness (QED) is 0.135. The van der Waals surface area contributed by atoms with Crippen molar-refractivity contribution in [1.29, 1.82) is 0 Å². The average molecular weight is 534 g/mol. The van der Waals surface area contributed by atoms with E-state index in [1.54, 1.807) is 4.90 Å². The Morgan fingerprint density at radius 2 is 1.81 bits per heavy atom. The number of benzene rings is 2. The molecule has 0 saturated carbocycles. The molecule has 194 valence electrons. The number of thiocarbonyl (C=S) groups is 1. The number of aryl methyl sites for hydroxylation is 1. The highest BCUT2D eigenvalue weighted by Gasteiger charge is 2.32. The van der Waals surface area contributed by atoms with Gasteiger partial charge in [-0.2, -0.15) is 5.10 Å². The van der Waals surface area contributed by atoms with Crippen molar-refractivity contribution in [2.45, 2.75) is 59.3 Å². The van der Waals surface area contributed by atoms with E-state index in [-0.39, 0.29) is 5.91 Å². The number of hydrogen-bond donors (Lipinski definition) is 0. The summed E-state index contributed by atoms with van der Waals surface area (Å²) < 4.78 is 8.42. The summed E-state index contributed by atoms with van der Waals surface area (Å²) in [5, 5.41) is 4.96. The lowest BCUT2D eigenvalue weighted by molar-refractivity contribution is -0.122. The number of ether oxygens (including phenoxy) is 1. The molecule has 1 saturated heterocycles. The molecule has 0 N–H and O–H groups in total. The molecule has 1 fully saturated rings. The zero-order valence-electron chi connectivity index (χ0n) is 21.9. The van der Waals surface area contributed by atoms with Crippen LogP contribution in [0.1, 0.15) is 63.5 Å². The van der Waals surface area contributed by atoms with Gasteiger partial charge in [0.05, 0.1) is 17.2 Å². The fourth-order valence-corrected chi connectivity index (χ4v) is 5.57. The molecule has 0 spiro atoms. The fraction of sp³-hybridized carbons (Fsp3) is 0.367. The smallest absolute Gasteiger partial charge is 0.266 e. The lowest BCUT2D eigenvalue weighted by Gasteiger charge is -2.13. The second-order valence-corrected chi connectivity index (χ2v) is 11.0. The van der Waals surface area contributed by atoms with Crippen LogP contribution in [0, 0.1) is 6.92 Å². The molecule has 0 bridgehead atoms.